The molecule has 1 aromatic rings. The average molecular weight is 267 g/mol. The van der Waals surface area contributed by atoms with E-state index in [0.29, 0.717) is 6.61 Å². The van der Waals surface area contributed by atoms with Gasteiger partial charge >= 0.3 is 0 Å². The van der Waals surface area contributed by atoms with Crippen molar-refractivity contribution in [3.8, 4) is 0 Å². The van der Waals surface area contributed by atoms with Gasteiger partial charge in [-0.1, -0.05) is 30.3 Å². The van der Waals surface area contributed by atoms with Crippen LogP contribution < -0.4 is 5.32 Å². The first-order valence-electron chi connectivity index (χ1n) is 6.85. The van der Waals surface area contributed by atoms with Crippen LogP contribution in [0.3, 0.4) is 0 Å². The molecule has 0 aliphatic heterocycles. The number of hydrogen-bond donors (Lipinski definition) is 3. The minimum atomic E-state index is -0.570. The zero-order valence-corrected chi connectivity index (χ0v) is 11.6. The normalized spacial score (nSPS) is 14.3. The van der Waals surface area contributed by atoms with Gasteiger partial charge in [0.15, 0.2) is 0 Å². The van der Waals surface area contributed by atoms with Crippen LogP contribution in [0.2, 0.25) is 0 Å². The molecular weight excluding hydrogens is 242 g/mol. The average Bonchev–Trinajstić information content (AvgIpc) is 2.46. The molecule has 2 atom stereocenters. The molecule has 1 aromatic carbocycles. The third-order valence-corrected chi connectivity index (χ3v) is 3.11. The number of aliphatic hydroxyl groups is 2. The standard InChI is InChI=1S/C15H25NO3/c1-19-12-14(16-10-6-3-7-11-17)15(18)13-8-4-2-5-9-13/h2,4-5,8-9,14-18H,3,6-7,10-12H2,1H3/t14?,15-/m0/s1. The Bertz CT molecular complexity index is 318. The lowest BCUT2D eigenvalue weighted by Crippen LogP contribution is -2.39. The van der Waals surface area contributed by atoms with Crippen molar-refractivity contribution < 1.29 is 14.9 Å². The quantitative estimate of drug-likeness (QED) is 0.562. The number of nitrogens with one attached hydrogen (secondary N) is 1. The largest absolute Gasteiger partial charge is 0.396 e. The fourth-order valence-electron chi connectivity index (χ4n) is 2.02. The lowest BCUT2D eigenvalue weighted by Gasteiger charge is -2.24. The van der Waals surface area contributed by atoms with Crippen molar-refractivity contribution in [1.29, 1.82) is 0 Å². The van der Waals surface area contributed by atoms with E-state index in [0.717, 1.165) is 31.4 Å². The highest BCUT2D eigenvalue weighted by Crippen LogP contribution is 2.16. The van der Waals surface area contributed by atoms with E-state index >= 15 is 0 Å². The minimum absolute atomic E-state index is 0.110. The lowest BCUT2D eigenvalue weighted by molar-refractivity contribution is 0.0696. The molecule has 0 aliphatic rings. The summed E-state index contributed by atoms with van der Waals surface area (Å²) >= 11 is 0. The second kappa shape index (κ2) is 9.92. The van der Waals surface area contributed by atoms with Crippen LogP contribution in [0, 0.1) is 0 Å². The molecule has 0 spiro atoms. The van der Waals surface area contributed by atoms with Crippen molar-refractivity contribution in [2.45, 2.75) is 31.4 Å². The Kier molecular flexibility index (Phi) is 8.41. The first kappa shape index (κ1) is 16.1. The molecule has 4 nitrogen and oxygen atoms in total. The fourth-order valence-corrected chi connectivity index (χ4v) is 2.02. The molecule has 0 bridgehead atoms. The van der Waals surface area contributed by atoms with Gasteiger partial charge in [-0.3, -0.25) is 0 Å². The van der Waals surface area contributed by atoms with Crippen LogP contribution in [0.25, 0.3) is 0 Å². The molecule has 3 N–H and O–H groups in total. The van der Waals surface area contributed by atoms with E-state index in [1.807, 2.05) is 30.3 Å². The van der Waals surface area contributed by atoms with Crippen molar-refractivity contribution in [2.24, 2.45) is 0 Å². The van der Waals surface area contributed by atoms with Crippen LogP contribution in [0.15, 0.2) is 30.3 Å². The Morgan fingerprint density at radius 2 is 1.89 bits per heavy atom. The summed E-state index contributed by atoms with van der Waals surface area (Å²) in [5.41, 5.74) is 0.896. The summed E-state index contributed by atoms with van der Waals surface area (Å²) < 4.78 is 5.16. The molecule has 0 saturated heterocycles. The van der Waals surface area contributed by atoms with Crippen LogP contribution in [0.5, 0.6) is 0 Å². The van der Waals surface area contributed by atoms with Crippen molar-refractivity contribution in [3.63, 3.8) is 0 Å². The number of benzene rings is 1. The maximum Gasteiger partial charge on any atom is 0.0965 e. The van der Waals surface area contributed by atoms with Crippen molar-refractivity contribution >= 4 is 0 Å². The van der Waals surface area contributed by atoms with Crippen LogP contribution in [0.4, 0.5) is 0 Å². The maximum absolute atomic E-state index is 10.3. The molecule has 19 heavy (non-hydrogen) atoms. The van der Waals surface area contributed by atoms with Gasteiger partial charge in [0.1, 0.15) is 0 Å². The van der Waals surface area contributed by atoms with Gasteiger partial charge in [0, 0.05) is 13.7 Å². The number of ether oxygens (including phenoxy) is 1. The number of unbranched alkanes of at least 4 members (excludes halogenated alkanes) is 2. The molecule has 0 aliphatic carbocycles. The third kappa shape index (κ3) is 6.16. The zero-order chi connectivity index (χ0) is 13.9. The van der Waals surface area contributed by atoms with Crippen LogP contribution in [-0.4, -0.2) is 43.1 Å². The van der Waals surface area contributed by atoms with Gasteiger partial charge in [0.05, 0.1) is 18.8 Å². The van der Waals surface area contributed by atoms with E-state index in [2.05, 4.69) is 5.32 Å². The minimum Gasteiger partial charge on any atom is -0.396 e. The number of methoxy groups -OCH3 is 1. The first-order chi connectivity index (χ1) is 9.29. The topological polar surface area (TPSA) is 61.7 Å². The van der Waals surface area contributed by atoms with Crippen LogP contribution in [-0.2, 0) is 4.74 Å². The summed E-state index contributed by atoms with van der Waals surface area (Å²) in [6.45, 7) is 1.53. The molecular formula is C15H25NO3. The Morgan fingerprint density at radius 1 is 1.16 bits per heavy atom. The molecule has 4 heteroatoms. The summed E-state index contributed by atoms with van der Waals surface area (Å²) in [7, 11) is 1.64. The Hall–Kier alpha value is -0.940. The van der Waals surface area contributed by atoms with Gasteiger partial charge < -0.3 is 20.3 Å². The molecule has 0 amide bonds. The maximum atomic E-state index is 10.3. The third-order valence-electron chi connectivity index (χ3n) is 3.11. The number of aliphatic hydroxyl groups excluding tert-OH is 2. The summed E-state index contributed by atoms with van der Waals surface area (Å²) in [4.78, 5) is 0. The van der Waals surface area contributed by atoms with Gasteiger partial charge in [0.25, 0.3) is 0 Å². The van der Waals surface area contributed by atoms with E-state index in [-0.39, 0.29) is 12.6 Å². The van der Waals surface area contributed by atoms with E-state index in [1.165, 1.54) is 0 Å². The molecule has 0 aromatic heterocycles. The molecule has 1 rings (SSSR count). The molecule has 0 heterocycles. The van der Waals surface area contributed by atoms with Gasteiger partial charge in [0.2, 0.25) is 0 Å². The van der Waals surface area contributed by atoms with Crippen LogP contribution in [0.1, 0.15) is 30.9 Å². The second-order valence-electron chi connectivity index (χ2n) is 4.66. The molecule has 0 radical (unpaired) electrons. The Morgan fingerprint density at radius 3 is 2.53 bits per heavy atom. The molecule has 1 unspecified atom stereocenters. The van der Waals surface area contributed by atoms with E-state index in [9.17, 15) is 5.11 Å². The highest BCUT2D eigenvalue weighted by molar-refractivity contribution is 5.18. The molecule has 0 fully saturated rings. The molecule has 108 valence electrons. The van der Waals surface area contributed by atoms with Crippen molar-refractivity contribution in [3.05, 3.63) is 35.9 Å². The predicted octanol–water partition coefficient (Wildman–Crippen LogP) is 1.49. The summed E-state index contributed by atoms with van der Waals surface area (Å²) in [6.07, 6.45) is 2.24. The monoisotopic (exact) mass is 267 g/mol. The van der Waals surface area contributed by atoms with Gasteiger partial charge in [-0.25, -0.2) is 0 Å². The highest BCUT2D eigenvalue weighted by Gasteiger charge is 2.19. The van der Waals surface area contributed by atoms with Crippen LogP contribution >= 0.6 is 0 Å². The highest BCUT2D eigenvalue weighted by atomic mass is 16.5. The van der Waals surface area contributed by atoms with Crippen molar-refractivity contribution in [1.82, 2.24) is 5.32 Å². The predicted molar refractivity (Wildman–Crippen MR) is 76.0 cm³/mol. The van der Waals surface area contributed by atoms with Gasteiger partial charge in [-0.2, -0.15) is 0 Å². The summed E-state index contributed by atoms with van der Waals surface area (Å²) in [5, 5.41) is 22.4. The zero-order valence-electron chi connectivity index (χ0n) is 11.6. The summed E-state index contributed by atoms with van der Waals surface area (Å²) in [6, 6.07) is 9.50. The van der Waals surface area contributed by atoms with Gasteiger partial charge in [-0.05, 0) is 31.4 Å². The second-order valence-corrected chi connectivity index (χ2v) is 4.66. The Labute approximate surface area is 115 Å². The van der Waals surface area contributed by atoms with Crippen molar-refractivity contribution in [2.75, 3.05) is 26.9 Å². The Balaban J connectivity index is 2.42. The van der Waals surface area contributed by atoms with E-state index < -0.39 is 6.10 Å². The first-order valence-corrected chi connectivity index (χ1v) is 6.85. The number of rotatable bonds is 10. The number of hydrogen-bond acceptors (Lipinski definition) is 4. The summed E-state index contributed by atoms with van der Waals surface area (Å²) in [5.74, 6) is 0. The SMILES string of the molecule is COCC(NCCCCCO)[C@@H](O)c1ccccc1. The lowest BCUT2D eigenvalue weighted by atomic mass is 10.0. The van der Waals surface area contributed by atoms with E-state index in [4.69, 9.17) is 9.84 Å². The smallest absolute Gasteiger partial charge is 0.0965 e. The fraction of sp³-hybridized carbons (Fsp3) is 0.600. The van der Waals surface area contributed by atoms with Gasteiger partial charge in [-0.15, -0.1) is 0 Å². The van der Waals surface area contributed by atoms with E-state index in [1.54, 1.807) is 7.11 Å². The molecule has 0 saturated carbocycles.